The molecule has 2 aromatic rings. The van der Waals surface area contributed by atoms with Gasteiger partial charge in [0.25, 0.3) is 5.91 Å². The summed E-state index contributed by atoms with van der Waals surface area (Å²) in [7, 11) is 1.66. The molecule has 0 saturated carbocycles. The lowest BCUT2D eigenvalue weighted by molar-refractivity contribution is -0.679. The second kappa shape index (κ2) is 7.12. The lowest BCUT2D eigenvalue weighted by Crippen LogP contribution is -2.88. The molecule has 0 radical (unpaired) electrons. The number of carbonyl (C=O) groups excluding carboxylic acids is 1. The van der Waals surface area contributed by atoms with Gasteiger partial charge >= 0.3 is 0 Å². The Kier molecular flexibility index (Phi) is 5.20. The van der Waals surface area contributed by atoms with Gasteiger partial charge in [-0.1, -0.05) is 30.3 Å². The number of nitriles is 1. The largest absolute Gasteiger partial charge is 0.463 e. The Hall–Kier alpha value is -2.58. The predicted molar refractivity (Wildman–Crippen MR) is 86.2 cm³/mol. The molecule has 0 bridgehead atoms. The Labute approximate surface area is 136 Å². The van der Waals surface area contributed by atoms with Crippen molar-refractivity contribution in [2.24, 2.45) is 0 Å². The van der Waals surface area contributed by atoms with Gasteiger partial charge in [-0.2, -0.15) is 5.26 Å². The summed E-state index contributed by atoms with van der Waals surface area (Å²) in [6.45, 7) is 3.69. The van der Waals surface area contributed by atoms with Crippen LogP contribution < -0.4 is 5.32 Å². The molecule has 0 fully saturated rings. The summed E-state index contributed by atoms with van der Waals surface area (Å²) in [5.74, 6) is 0.704. The maximum absolute atomic E-state index is 12.4. The van der Waals surface area contributed by atoms with E-state index in [-0.39, 0.29) is 18.5 Å². The zero-order valence-electron chi connectivity index (χ0n) is 13.7. The molecular weight excluding hydrogens is 290 g/mol. The lowest BCUT2D eigenvalue weighted by Gasteiger charge is -2.28. The fourth-order valence-corrected chi connectivity index (χ4v) is 2.29. The molecule has 23 heavy (non-hydrogen) atoms. The minimum absolute atomic E-state index is 0.0891. The van der Waals surface area contributed by atoms with Gasteiger partial charge in [0.1, 0.15) is 5.54 Å². The number of rotatable bonds is 6. The van der Waals surface area contributed by atoms with E-state index in [2.05, 4.69) is 6.07 Å². The lowest BCUT2D eigenvalue weighted by atomic mass is 10.0. The molecule has 1 aromatic heterocycles. The highest BCUT2D eigenvalue weighted by molar-refractivity contribution is 5.78. The van der Waals surface area contributed by atoms with Crippen molar-refractivity contribution in [1.82, 2.24) is 4.90 Å². The summed E-state index contributed by atoms with van der Waals surface area (Å²) < 4.78 is 5.52. The van der Waals surface area contributed by atoms with Gasteiger partial charge in [0, 0.05) is 12.6 Å². The summed E-state index contributed by atoms with van der Waals surface area (Å²) in [6.07, 6.45) is 1.63. The number of carbonyl (C=O) groups is 1. The average molecular weight is 312 g/mol. The maximum Gasteiger partial charge on any atom is 0.278 e. The Morgan fingerprint density at radius 2 is 2.00 bits per heavy atom. The second-order valence-electron chi connectivity index (χ2n) is 5.97. The van der Waals surface area contributed by atoms with Crippen molar-refractivity contribution < 1.29 is 14.5 Å². The van der Waals surface area contributed by atoms with Crippen molar-refractivity contribution in [2.45, 2.75) is 25.4 Å². The van der Waals surface area contributed by atoms with Gasteiger partial charge in [-0.25, -0.2) is 0 Å². The molecule has 0 aliphatic heterocycles. The van der Waals surface area contributed by atoms with E-state index in [0.29, 0.717) is 0 Å². The molecule has 1 amide bonds. The molecule has 2 rings (SSSR count). The van der Waals surface area contributed by atoms with Crippen LogP contribution in [0.5, 0.6) is 0 Å². The van der Waals surface area contributed by atoms with E-state index >= 15 is 0 Å². The van der Waals surface area contributed by atoms with Crippen molar-refractivity contribution in [1.29, 1.82) is 5.26 Å². The van der Waals surface area contributed by atoms with E-state index in [0.717, 1.165) is 11.3 Å². The van der Waals surface area contributed by atoms with Crippen LogP contribution in [0.25, 0.3) is 0 Å². The van der Waals surface area contributed by atoms with Crippen LogP contribution in [0.15, 0.2) is 53.1 Å². The van der Waals surface area contributed by atoms with Gasteiger partial charge in [-0.3, -0.25) is 4.79 Å². The molecule has 1 atom stereocenters. The molecule has 1 aromatic carbocycles. The number of nitrogens with zero attached hydrogens (tertiary/aromatic N) is 2. The van der Waals surface area contributed by atoms with Gasteiger partial charge in [-0.05, 0) is 26.0 Å². The zero-order chi connectivity index (χ0) is 16.9. The van der Waals surface area contributed by atoms with Crippen molar-refractivity contribution >= 4 is 5.91 Å². The molecule has 5 heteroatoms. The molecule has 0 aliphatic carbocycles. The van der Waals surface area contributed by atoms with Gasteiger partial charge in [-0.15, -0.1) is 0 Å². The summed E-state index contributed by atoms with van der Waals surface area (Å²) in [5.41, 5.74) is 0.246. The monoisotopic (exact) mass is 312 g/mol. The fraction of sp³-hybridized carbons (Fsp3) is 0.333. The molecule has 0 aliphatic rings. The summed E-state index contributed by atoms with van der Waals surface area (Å²) in [4.78, 5) is 13.8. The minimum Gasteiger partial charge on any atom is -0.463 e. The van der Waals surface area contributed by atoms with Crippen LogP contribution in [0, 0.1) is 11.3 Å². The predicted octanol–water partition coefficient (Wildman–Crippen LogP) is 1.69. The Morgan fingerprint density at radius 3 is 2.57 bits per heavy atom. The third-order valence-electron chi connectivity index (χ3n) is 4.02. The third-order valence-corrected chi connectivity index (χ3v) is 4.02. The molecular formula is C18H22N3O2+. The smallest absolute Gasteiger partial charge is 0.278 e. The molecule has 0 saturated heterocycles. The number of quaternary nitrogens is 1. The molecule has 120 valence electrons. The molecule has 5 nitrogen and oxygen atoms in total. The minimum atomic E-state index is -0.822. The highest BCUT2D eigenvalue weighted by Gasteiger charge is 2.29. The first-order valence-corrected chi connectivity index (χ1v) is 7.55. The number of hydrogen-bond donors (Lipinski definition) is 1. The molecule has 0 spiro atoms. The van der Waals surface area contributed by atoms with Crippen LogP contribution in [0.2, 0.25) is 0 Å². The van der Waals surface area contributed by atoms with Crippen molar-refractivity contribution in [2.75, 3.05) is 13.6 Å². The van der Waals surface area contributed by atoms with Crippen molar-refractivity contribution in [3.63, 3.8) is 0 Å². The topological polar surface area (TPSA) is 73.8 Å². The van der Waals surface area contributed by atoms with Crippen LogP contribution in [0.4, 0.5) is 0 Å². The number of benzene rings is 1. The van der Waals surface area contributed by atoms with E-state index in [1.807, 2.05) is 47.8 Å². The first kappa shape index (κ1) is 16.8. The van der Waals surface area contributed by atoms with Gasteiger partial charge in [0.2, 0.25) is 0 Å². The third kappa shape index (κ3) is 3.99. The van der Waals surface area contributed by atoms with E-state index < -0.39 is 5.54 Å². The maximum atomic E-state index is 12.4. The Morgan fingerprint density at radius 1 is 1.30 bits per heavy atom. The number of likely N-dealkylation sites (N-methyl/N-ethyl adjacent to an activating group) is 1. The van der Waals surface area contributed by atoms with Crippen LogP contribution in [-0.2, 0) is 4.79 Å². The molecule has 1 heterocycles. The average Bonchev–Trinajstić information content (AvgIpc) is 3.09. The summed E-state index contributed by atoms with van der Waals surface area (Å²) in [6, 6.07) is 15.7. The number of nitrogens with two attached hydrogens (primary N) is 1. The van der Waals surface area contributed by atoms with Crippen LogP contribution in [-0.4, -0.2) is 29.9 Å². The molecule has 2 N–H and O–H groups in total. The van der Waals surface area contributed by atoms with Gasteiger partial charge in [0.05, 0.1) is 12.3 Å². The van der Waals surface area contributed by atoms with Crippen LogP contribution >= 0.6 is 0 Å². The quantitative estimate of drug-likeness (QED) is 0.882. The van der Waals surface area contributed by atoms with Crippen molar-refractivity contribution in [3.8, 4) is 6.07 Å². The number of amides is 1. The van der Waals surface area contributed by atoms with E-state index in [1.165, 1.54) is 4.90 Å². The molecule has 0 unspecified atom stereocenters. The van der Waals surface area contributed by atoms with E-state index in [4.69, 9.17) is 9.68 Å². The van der Waals surface area contributed by atoms with Crippen LogP contribution in [0.1, 0.15) is 31.2 Å². The van der Waals surface area contributed by atoms with Gasteiger partial charge in [0.15, 0.2) is 18.3 Å². The normalized spacial score (nSPS) is 12.4. The second-order valence-corrected chi connectivity index (χ2v) is 5.97. The first-order valence-electron chi connectivity index (χ1n) is 7.55. The Bertz CT molecular complexity index is 672. The summed E-state index contributed by atoms with van der Waals surface area (Å²) >= 11 is 0. The number of hydrogen-bond acceptors (Lipinski definition) is 3. The van der Waals surface area contributed by atoms with Crippen molar-refractivity contribution in [3.05, 3.63) is 60.1 Å². The zero-order valence-corrected chi connectivity index (χ0v) is 13.7. The van der Waals surface area contributed by atoms with Gasteiger partial charge < -0.3 is 14.6 Å². The van der Waals surface area contributed by atoms with E-state index in [1.54, 1.807) is 27.2 Å². The summed E-state index contributed by atoms with van der Waals surface area (Å²) in [5, 5.41) is 11.1. The van der Waals surface area contributed by atoms with Crippen LogP contribution in [0.3, 0.4) is 0 Å². The standard InChI is InChI=1S/C18H21N3O2/c1-18(2,13-19)21(3)16(22)12-20-17(15-10-7-11-23-15)14-8-5-4-6-9-14/h4-11,17,20H,12H2,1-3H3/p+1/t17-/m0/s1. The first-order chi connectivity index (χ1) is 11.0. The van der Waals surface area contributed by atoms with E-state index in [9.17, 15) is 4.79 Å². The highest BCUT2D eigenvalue weighted by atomic mass is 16.3. The number of furan rings is 1. The highest BCUT2D eigenvalue weighted by Crippen LogP contribution is 2.18. The fourth-order valence-electron chi connectivity index (χ4n) is 2.29. The SMILES string of the molecule is CN(C(=O)C[NH2+][C@@H](c1ccccc1)c1ccco1)C(C)(C)C#N. The Balaban J connectivity index is 2.12.